The third-order valence-electron chi connectivity index (χ3n) is 3.47. The highest BCUT2D eigenvalue weighted by Gasteiger charge is 2.16. The molecule has 0 saturated carbocycles. The van der Waals surface area contributed by atoms with Crippen molar-refractivity contribution in [2.24, 2.45) is 0 Å². The minimum absolute atomic E-state index is 0.0358. The minimum atomic E-state index is -3.53. The first-order valence-corrected chi connectivity index (χ1v) is 9.59. The van der Waals surface area contributed by atoms with E-state index in [0.29, 0.717) is 0 Å². The highest BCUT2D eigenvalue weighted by molar-refractivity contribution is 7.99. The number of sulfone groups is 1. The maximum atomic E-state index is 12.5. The monoisotopic (exact) mass is 371 g/mol. The van der Waals surface area contributed by atoms with Gasteiger partial charge in [0.05, 0.1) is 14.7 Å². The lowest BCUT2D eigenvalue weighted by molar-refractivity contribution is -0.384. The fraction of sp³-hybridized carbons (Fsp3) is 0. The summed E-state index contributed by atoms with van der Waals surface area (Å²) in [5, 5.41) is 10.7. The zero-order chi connectivity index (χ0) is 17.9. The van der Waals surface area contributed by atoms with E-state index in [-0.39, 0.29) is 15.5 Å². The van der Waals surface area contributed by atoms with Crippen molar-refractivity contribution in [3.63, 3.8) is 0 Å². The van der Waals surface area contributed by atoms with E-state index >= 15 is 0 Å². The second-order valence-electron chi connectivity index (χ2n) is 5.14. The molecule has 0 saturated heterocycles. The summed E-state index contributed by atoms with van der Waals surface area (Å²) in [6.45, 7) is 0. The van der Waals surface area contributed by atoms with Crippen LogP contribution in [0.3, 0.4) is 0 Å². The molecule has 3 aromatic rings. The number of hydrogen-bond donors (Lipinski definition) is 0. The van der Waals surface area contributed by atoms with Crippen LogP contribution in [0.1, 0.15) is 0 Å². The van der Waals surface area contributed by atoms with Crippen molar-refractivity contribution in [2.75, 3.05) is 0 Å². The van der Waals surface area contributed by atoms with Crippen LogP contribution in [-0.2, 0) is 9.84 Å². The Balaban J connectivity index is 1.79. The fourth-order valence-corrected chi connectivity index (χ4v) is 4.29. The molecule has 0 amide bonds. The highest BCUT2D eigenvalue weighted by atomic mass is 32.2. The first-order chi connectivity index (χ1) is 12.0. The molecular formula is C18H13NO4S2. The lowest BCUT2D eigenvalue weighted by Crippen LogP contribution is -2.01. The summed E-state index contributed by atoms with van der Waals surface area (Å²) in [4.78, 5) is 12.4. The Bertz CT molecular complexity index is 984. The second-order valence-corrected chi connectivity index (χ2v) is 8.24. The van der Waals surface area contributed by atoms with Crippen LogP contribution >= 0.6 is 11.8 Å². The number of rotatable bonds is 5. The van der Waals surface area contributed by atoms with Gasteiger partial charge in [-0.25, -0.2) is 8.42 Å². The summed E-state index contributed by atoms with van der Waals surface area (Å²) < 4.78 is 25.1. The molecule has 0 spiro atoms. The van der Waals surface area contributed by atoms with E-state index in [2.05, 4.69) is 0 Å². The predicted octanol–water partition coefficient (Wildman–Crippen LogP) is 4.58. The molecule has 0 aliphatic rings. The summed E-state index contributed by atoms with van der Waals surface area (Å²) in [5.74, 6) is 0. The van der Waals surface area contributed by atoms with Crippen LogP contribution in [0.25, 0.3) is 0 Å². The predicted molar refractivity (Wildman–Crippen MR) is 95.6 cm³/mol. The number of nitrogens with zero attached hydrogens (tertiary/aromatic N) is 1. The zero-order valence-electron chi connectivity index (χ0n) is 12.9. The van der Waals surface area contributed by atoms with E-state index in [1.807, 2.05) is 0 Å². The summed E-state index contributed by atoms with van der Waals surface area (Å²) in [5.41, 5.74) is 0.0358. The Morgan fingerprint density at radius 1 is 0.720 bits per heavy atom. The molecule has 0 N–H and O–H groups in total. The van der Waals surface area contributed by atoms with Crippen molar-refractivity contribution in [1.82, 2.24) is 0 Å². The molecule has 0 aromatic heterocycles. The first-order valence-electron chi connectivity index (χ1n) is 7.29. The average molecular weight is 371 g/mol. The number of nitro benzene ring substituents is 1. The largest absolute Gasteiger partial charge is 0.269 e. The van der Waals surface area contributed by atoms with Crippen LogP contribution in [0.4, 0.5) is 5.69 Å². The van der Waals surface area contributed by atoms with E-state index in [9.17, 15) is 18.5 Å². The molecular weight excluding hydrogens is 358 g/mol. The van der Waals surface area contributed by atoms with Gasteiger partial charge < -0.3 is 0 Å². The van der Waals surface area contributed by atoms with Gasteiger partial charge in [-0.05, 0) is 48.5 Å². The van der Waals surface area contributed by atoms with E-state index in [1.54, 1.807) is 66.7 Å². The smallest absolute Gasteiger partial charge is 0.258 e. The van der Waals surface area contributed by atoms with E-state index in [1.165, 1.54) is 23.9 Å². The molecule has 5 nitrogen and oxygen atoms in total. The van der Waals surface area contributed by atoms with Crippen molar-refractivity contribution in [2.45, 2.75) is 19.6 Å². The zero-order valence-corrected chi connectivity index (χ0v) is 14.5. The maximum absolute atomic E-state index is 12.5. The normalized spacial score (nSPS) is 11.2. The first kappa shape index (κ1) is 17.2. The topological polar surface area (TPSA) is 77.3 Å². The van der Waals surface area contributed by atoms with Crippen LogP contribution in [-0.4, -0.2) is 13.3 Å². The van der Waals surface area contributed by atoms with Gasteiger partial charge in [0.15, 0.2) is 0 Å². The van der Waals surface area contributed by atoms with Gasteiger partial charge in [-0.1, -0.05) is 30.0 Å². The summed E-state index contributed by atoms with van der Waals surface area (Å²) in [7, 11) is -3.53. The third-order valence-corrected chi connectivity index (χ3v) is 6.27. The summed E-state index contributed by atoms with van der Waals surface area (Å²) in [6, 6.07) is 21.1. The molecule has 0 atom stereocenters. The van der Waals surface area contributed by atoms with Gasteiger partial charge in [-0.3, -0.25) is 10.1 Å². The fourth-order valence-electron chi connectivity index (χ4n) is 2.19. The Labute approximate surface area is 149 Å². The Hall–Kier alpha value is -2.64. The molecule has 0 aliphatic heterocycles. The van der Waals surface area contributed by atoms with Gasteiger partial charge in [0.2, 0.25) is 9.84 Å². The van der Waals surface area contributed by atoms with Crippen molar-refractivity contribution in [3.8, 4) is 0 Å². The Morgan fingerprint density at radius 3 is 1.72 bits per heavy atom. The van der Waals surface area contributed by atoms with Crippen molar-refractivity contribution < 1.29 is 13.3 Å². The van der Waals surface area contributed by atoms with Crippen LogP contribution in [0, 0.1) is 10.1 Å². The molecule has 0 unspecified atom stereocenters. The molecule has 0 heterocycles. The van der Waals surface area contributed by atoms with Crippen molar-refractivity contribution in [1.29, 1.82) is 0 Å². The summed E-state index contributed by atoms with van der Waals surface area (Å²) in [6.07, 6.45) is 0. The van der Waals surface area contributed by atoms with E-state index < -0.39 is 14.8 Å². The molecule has 3 rings (SSSR count). The SMILES string of the molecule is O=[N+]([O-])c1ccc(Sc2ccc(S(=O)(=O)c3ccccc3)cc2)cc1. The summed E-state index contributed by atoms with van der Waals surface area (Å²) >= 11 is 1.41. The van der Waals surface area contributed by atoms with Gasteiger partial charge in [-0.15, -0.1) is 0 Å². The number of nitro groups is 1. The molecule has 7 heteroatoms. The van der Waals surface area contributed by atoms with E-state index in [0.717, 1.165) is 9.79 Å². The highest BCUT2D eigenvalue weighted by Crippen LogP contribution is 2.30. The molecule has 0 aliphatic carbocycles. The molecule has 0 fully saturated rings. The molecule has 25 heavy (non-hydrogen) atoms. The Morgan fingerprint density at radius 2 is 1.20 bits per heavy atom. The lowest BCUT2D eigenvalue weighted by atomic mass is 10.3. The van der Waals surface area contributed by atoms with Gasteiger partial charge in [0, 0.05) is 21.9 Å². The van der Waals surface area contributed by atoms with Crippen molar-refractivity contribution >= 4 is 27.3 Å². The van der Waals surface area contributed by atoms with Gasteiger partial charge >= 0.3 is 0 Å². The molecule has 3 aromatic carbocycles. The number of non-ortho nitro benzene ring substituents is 1. The van der Waals surface area contributed by atoms with Crippen LogP contribution < -0.4 is 0 Å². The van der Waals surface area contributed by atoms with Gasteiger partial charge in [0.1, 0.15) is 0 Å². The second kappa shape index (κ2) is 7.08. The van der Waals surface area contributed by atoms with Gasteiger partial charge in [0.25, 0.3) is 5.69 Å². The number of hydrogen-bond acceptors (Lipinski definition) is 5. The van der Waals surface area contributed by atoms with E-state index in [4.69, 9.17) is 0 Å². The lowest BCUT2D eigenvalue weighted by Gasteiger charge is -2.06. The molecule has 0 bridgehead atoms. The van der Waals surface area contributed by atoms with Crippen molar-refractivity contribution in [3.05, 3.63) is 89.0 Å². The van der Waals surface area contributed by atoms with Gasteiger partial charge in [-0.2, -0.15) is 0 Å². The Kier molecular flexibility index (Phi) is 4.87. The minimum Gasteiger partial charge on any atom is -0.258 e. The standard InChI is InChI=1S/C18H13NO4S2/c20-19(21)14-6-8-15(9-7-14)24-16-10-12-18(13-11-16)25(22,23)17-4-2-1-3-5-17/h1-13H. The third kappa shape index (κ3) is 3.89. The van der Waals surface area contributed by atoms with Crippen LogP contribution in [0.15, 0.2) is 98.4 Å². The van der Waals surface area contributed by atoms with Crippen LogP contribution in [0.5, 0.6) is 0 Å². The molecule has 126 valence electrons. The number of benzene rings is 3. The van der Waals surface area contributed by atoms with Crippen LogP contribution in [0.2, 0.25) is 0 Å². The maximum Gasteiger partial charge on any atom is 0.269 e. The average Bonchev–Trinajstić information content (AvgIpc) is 2.63. The molecule has 0 radical (unpaired) electrons. The quantitative estimate of drug-likeness (QED) is 0.485.